The second-order valence-corrected chi connectivity index (χ2v) is 6.84. The van der Waals surface area contributed by atoms with E-state index in [9.17, 15) is 0 Å². The molecule has 2 rings (SSSR count). The van der Waals surface area contributed by atoms with Crippen molar-refractivity contribution in [2.75, 3.05) is 13.1 Å². The Morgan fingerprint density at radius 3 is 2.50 bits per heavy atom. The van der Waals surface area contributed by atoms with E-state index in [1.807, 2.05) is 6.07 Å². The van der Waals surface area contributed by atoms with Gasteiger partial charge in [-0.15, -0.1) is 24.0 Å². The first-order chi connectivity index (χ1) is 9.81. The lowest BCUT2D eigenvalue weighted by molar-refractivity contribution is -0.0668. The molecule has 1 N–H and O–H groups in total. The summed E-state index contributed by atoms with van der Waals surface area (Å²) in [7, 11) is 0. The molecule has 0 spiro atoms. The van der Waals surface area contributed by atoms with Crippen molar-refractivity contribution in [3.63, 3.8) is 0 Å². The highest BCUT2D eigenvalue weighted by atomic mass is 127. The van der Waals surface area contributed by atoms with E-state index in [1.165, 1.54) is 0 Å². The zero-order valence-corrected chi connectivity index (χ0v) is 16.9. The van der Waals surface area contributed by atoms with Crippen molar-refractivity contribution < 1.29 is 4.52 Å². The molecule has 22 heavy (non-hydrogen) atoms. The van der Waals surface area contributed by atoms with Gasteiger partial charge in [0, 0.05) is 30.1 Å². The summed E-state index contributed by atoms with van der Waals surface area (Å²) < 4.78 is 5.31. The summed E-state index contributed by atoms with van der Waals surface area (Å²) in [5, 5.41) is 7.39. The van der Waals surface area contributed by atoms with Gasteiger partial charge in [0.25, 0.3) is 0 Å². The molecule has 2 heterocycles. The van der Waals surface area contributed by atoms with Gasteiger partial charge < -0.3 is 14.7 Å². The molecule has 0 atom stereocenters. The molecule has 5 nitrogen and oxygen atoms in total. The van der Waals surface area contributed by atoms with Gasteiger partial charge in [0.2, 0.25) is 0 Å². The molecule has 1 aromatic rings. The van der Waals surface area contributed by atoms with Gasteiger partial charge in [-0.2, -0.15) is 0 Å². The second kappa shape index (κ2) is 7.19. The predicted octanol–water partition coefficient (Wildman–Crippen LogP) is 3.44. The number of guanidine groups is 1. The van der Waals surface area contributed by atoms with Gasteiger partial charge in [-0.3, -0.25) is 0 Å². The van der Waals surface area contributed by atoms with Crippen LogP contribution in [0.1, 0.15) is 53.0 Å². The number of nitrogens with zero attached hydrogens (tertiary/aromatic N) is 3. The van der Waals surface area contributed by atoms with E-state index in [1.54, 1.807) is 0 Å². The summed E-state index contributed by atoms with van der Waals surface area (Å²) in [5.41, 5.74) is 1.38. The number of rotatable bonds is 4. The maximum absolute atomic E-state index is 5.31. The minimum absolute atomic E-state index is 0. The van der Waals surface area contributed by atoms with Crippen LogP contribution in [0.15, 0.2) is 15.6 Å². The molecule has 1 aromatic heterocycles. The molecule has 1 aliphatic heterocycles. The summed E-state index contributed by atoms with van der Waals surface area (Å²) in [6.45, 7) is 15.7. The Kier molecular flexibility index (Phi) is 6.29. The number of aromatic nitrogens is 1. The summed E-state index contributed by atoms with van der Waals surface area (Å²) in [5.74, 6) is 1.77. The zero-order valence-electron chi connectivity index (χ0n) is 14.6. The number of hydrogen-bond acceptors (Lipinski definition) is 3. The molecule has 6 heteroatoms. The van der Waals surface area contributed by atoms with Crippen molar-refractivity contribution in [1.82, 2.24) is 15.4 Å². The van der Waals surface area contributed by atoms with Gasteiger partial charge in [-0.05, 0) is 27.2 Å². The number of aliphatic imine (C=N–C) groups is 1. The lowest BCUT2D eigenvalue weighted by atomic mass is 9.65. The monoisotopic (exact) mass is 420 g/mol. The zero-order chi connectivity index (χ0) is 15.7. The highest BCUT2D eigenvalue weighted by Gasteiger charge is 2.53. The third-order valence-corrected chi connectivity index (χ3v) is 4.83. The molecule has 126 valence electrons. The third-order valence-electron chi connectivity index (χ3n) is 4.83. The first kappa shape index (κ1) is 19.3. The van der Waals surface area contributed by atoms with Gasteiger partial charge in [-0.1, -0.05) is 25.9 Å². The van der Waals surface area contributed by atoms with Crippen LogP contribution in [0.25, 0.3) is 0 Å². The Balaban J connectivity index is 0.00000242. The Bertz CT molecular complexity index is 522. The molecule has 1 aliphatic rings. The van der Waals surface area contributed by atoms with E-state index < -0.39 is 0 Å². The largest absolute Gasteiger partial charge is 0.359 e. The number of hydrogen-bond donors (Lipinski definition) is 1. The normalized spacial score (nSPS) is 19.4. The average molecular weight is 420 g/mol. The topological polar surface area (TPSA) is 53.7 Å². The molecular weight excluding hydrogens is 391 g/mol. The number of halogens is 1. The molecule has 0 aromatic carbocycles. The van der Waals surface area contributed by atoms with Crippen LogP contribution in [-0.4, -0.2) is 34.6 Å². The summed E-state index contributed by atoms with van der Waals surface area (Å²) in [6, 6.07) is 1.98. The minimum atomic E-state index is 0. The molecule has 0 aliphatic carbocycles. The van der Waals surface area contributed by atoms with Gasteiger partial charge >= 0.3 is 0 Å². The predicted molar refractivity (Wildman–Crippen MR) is 101 cm³/mol. The Hall–Kier alpha value is -0.790. The molecule has 0 radical (unpaired) electrons. The average Bonchev–Trinajstić information content (AvgIpc) is 2.89. The van der Waals surface area contributed by atoms with Crippen LogP contribution in [0.3, 0.4) is 0 Å². The van der Waals surface area contributed by atoms with Crippen LogP contribution in [0.2, 0.25) is 0 Å². The smallest absolute Gasteiger partial charge is 0.194 e. The fraction of sp³-hybridized carbons (Fsp3) is 0.750. The van der Waals surface area contributed by atoms with Gasteiger partial charge in [0.15, 0.2) is 11.7 Å². The van der Waals surface area contributed by atoms with Gasteiger partial charge in [-0.25, -0.2) is 4.99 Å². The number of nitrogens with one attached hydrogen (secondary N) is 1. The van der Waals surface area contributed by atoms with Crippen molar-refractivity contribution in [2.45, 2.75) is 60.0 Å². The van der Waals surface area contributed by atoms with E-state index in [0.717, 1.165) is 36.9 Å². The van der Waals surface area contributed by atoms with Crippen LogP contribution < -0.4 is 5.32 Å². The maximum atomic E-state index is 5.31. The van der Waals surface area contributed by atoms with Gasteiger partial charge in [0.05, 0.1) is 5.69 Å². The van der Waals surface area contributed by atoms with Crippen LogP contribution in [0.5, 0.6) is 0 Å². The second-order valence-electron chi connectivity index (χ2n) is 6.84. The fourth-order valence-electron chi connectivity index (χ4n) is 2.54. The lowest BCUT2D eigenvalue weighted by Crippen LogP contribution is -2.72. The van der Waals surface area contributed by atoms with E-state index in [2.05, 4.69) is 56.9 Å². The van der Waals surface area contributed by atoms with Crippen LogP contribution in [0, 0.1) is 5.41 Å². The molecule has 0 saturated carbocycles. The molecule has 0 bridgehead atoms. The quantitative estimate of drug-likeness (QED) is 0.461. The van der Waals surface area contributed by atoms with Crippen molar-refractivity contribution >= 4 is 29.9 Å². The van der Waals surface area contributed by atoms with Crippen molar-refractivity contribution in [3.05, 3.63) is 17.5 Å². The third kappa shape index (κ3) is 3.58. The summed E-state index contributed by atoms with van der Waals surface area (Å²) in [4.78, 5) is 7.05. The van der Waals surface area contributed by atoms with E-state index in [4.69, 9.17) is 9.52 Å². The Labute approximate surface area is 150 Å². The number of likely N-dealkylation sites (tertiary alicyclic amines) is 1. The first-order valence-electron chi connectivity index (χ1n) is 7.82. The van der Waals surface area contributed by atoms with Crippen LogP contribution in [0.4, 0.5) is 0 Å². The fourth-order valence-corrected chi connectivity index (χ4v) is 2.54. The summed E-state index contributed by atoms with van der Waals surface area (Å²) in [6.07, 6.45) is 0.890. The highest BCUT2D eigenvalue weighted by molar-refractivity contribution is 14.0. The highest BCUT2D eigenvalue weighted by Crippen LogP contribution is 2.46. The van der Waals surface area contributed by atoms with Crippen LogP contribution in [-0.2, 0) is 13.0 Å². The van der Waals surface area contributed by atoms with Crippen LogP contribution >= 0.6 is 24.0 Å². The molecule has 0 amide bonds. The maximum Gasteiger partial charge on any atom is 0.194 e. The van der Waals surface area contributed by atoms with Crippen molar-refractivity contribution in [1.29, 1.82) is 0 Å². The van der Waals surface area contributed by atoms with E-state index >= 15 is 0 Å². The molecule has 1 saturated heterocycles. The standard InChI is InChI=1S/C16H28N4O.HI/c1-7-12-9-13(21-19-12)10-18-14(17-8-2)20-11-15(3,4)16(20,5)6;/h9H,7-8,10-11H2,1-6H3,(H,17,18);1H. The SMILES string of the molecule is CCNC(=NCc1cc(CC)no1)N1CC(C)(C)C1(C)C.I. The van der Waals surface area contributed by atoms with E-state index in [-0.39, 0.29) is 29.5 Å². The molecule has 0 unspecified atom stereocenters. The Morgan fingerprint density at radius 2 is 2.05 bits per heavy atom. The van der Waals surface area contributed by atoms with Crippen molar-refractivity contribution in [2.24, 2.45) is 10.4 Å². The first-order valence-corrected chi connectivity index (χ1v) is 7.82. The Morgan fingerprint density at radius 1 is 1.36 bits per heavy atom. The lowest BCUT2D eigenvalue weighted by Gasteiger charge is -2.62. The van der Waals surface area contributed by atoms with Gasteiger partial charge in [0.1, 0.15) is 6.54 Å². The molecule has 1 fully saturated rings. The summed E-state index contributed by atoms with van der Waals surface area (Å²) >= 11 is 0. The van der Waals surface area contributed by atoms with E-state index in [0.29, 0.717) is 12.0 Å². The minimum Gasteiger partial charge on any atom is -0.359 e. The molecular formula is C16H29IN4O. The number of aryl methyl sites for hydroxylation is 1. The van der Waals surface area contributed by atoms with Crippen molar-refractivity contribution in [3.8, 4) is 0 Å².